The van der Waals surface area contributed by atoms with Crippen LogP contribution in [-0.2, 0) is 22.6 Å². The van der Waals surface area contributed by atoms with Crippen LogP contribution in [0.4, 0.5) is 0 Å². The number of aromatic nitrogens is 3. The molecule has 4 rings (SSSR count). The van der Waals surface area contributed by atoms with Gasteiger partial charge in [-0.25, -0.2) is 0 Å². The van der Waals surface area contributed by atoms with Crippen LogP contribution in [0.25, 0.3) is 10.7 Å². The third-order valence-electron chi connectivity index (χ3n) is 4.53. The number of carbonyl (C=O) groups is 1. The van der Waals surface area contributed by atoms with Crippen molar-refractivity contribution < 1.29 is 9.53 Å². The largest absolute Gasteiger partial charge is 0.376 e. The van der Waals surface area contributed by atoms with Crippen molar-refractivity contribution in [2.75, 3.05) is 12.4 Å². The van der Waals surface area contributed by atoms with Crippen LogP contribution in [-0.4, -0.2) is 39.1 Å². The number of nitrogens with one attached hydrogen (secondary N) is 1. The summed E-state index contributed by atoms with van der Waals surface area (Å²) < 4.78 is 7.90. The summed E-state index contributed by atoms with van der Waals surface area (Å²) in [6.07, 6.45) is 2.32. The zero-order valence-corrected chi connectivity index (χ0v) is 17.0. The molecule has 0 aliphatic carbocycles. The molecule has 1 aliphatic heterocycles. The Morgan fingerprint density at radius 2 is 2.14 bits per heavy atom. The lowest BCUT2D eigenvalue weighted by molar-refractivity contribution is -0.118. The summed E-state index contributed by atoms with van der Waals surface area (Å²) in [6, 6.07) is 14.0. The highest BCUT2D eigenvalue weighted by molar-refractivity contribution is 7.99. The van der Waals surface area contributed by atoms with Crippen LogP contribution >= 0.6 is 23.1 Å². The molecule has 1 saturated heterocycles. The predicted molar refractivity (Wildman–Crippen MR) is 111 cm³/mol. The van der Waals surface area contributed by atoms with Crippen molar-refractivity contribution >= 4 is 29.0 Å². The number of hydrogen-bond acceptors (Lipinski definition) is 6. The quantitative estimate of drug-likeness (QED) is 0.571. The van der Waals surface area contributed by atoms with Crippen molar-refractivity contribution in [3.63, 3.8) is 0 Å². The lowest BCUT2D eigenvalue weighted by Crippen LogP contribution is -2.25. The maximum absolute atomic E-state index is 12.3. The molecule has 28 heavy (non-hydrogen) atoms. The molecule has 0 bridgehead atoms. The SMILES string of the molecule is O=C(CSc1nnc(-c2cccs2)n1CC1CCCO1)NCc1ccccc1. The summed E-state index contributed by atoms with van der Waals surface area (Å²) >= 11 is 3.06. The summed E-state index contributed by atoms with van der Waals surface area (Å²) in [5.74, 6) is 1.14. The van der Waals surface area contributed by atoms with E-state index in [9.17, 15) is 4.79 Å². The molecule has 1 unspecified atom stereocenters. The number of benzene rings is 1. The molecule has 1 aliphatic rings. The zero-order valence-electron chi connectivity index (χ0n) is 15.4. The van der Waals surface area contributed by atoms with Gasteiger partial charge in [0.15, 0.2) is 11.0 Å². The summed E-state index contributed by atoms with van der Waals surface area (Å²) in [4.78, 5) is 13.3. The molecular weight excluding hydrogens is 392 g/mol. The van der Waals surface area contributed by atoms with Crippen LogP contribution in [0.2, 0.25) is 0 Å². The molecule has 1 atom stereocenters. The highest BCUT2D eigenvalue weighted by atomic mass is 32.2. The average Bonchev–Trinajstić information content (AvgIpc) is 3.48. The van der Waals surface area contributed by atoms with E-state index < -0.39 is 0 Å². The van der Waals surface area contributed by atoms with Gasteiger partial charge >= 0.3 is 0 Å². The van der Waals surface area contributed by atoms with Crippen molar-refractivity contribution in [2.24, 2.45) is 0 Å². The molecule has 0 saturated carbocycles. The minimum atomic E-state index is -0.0156. The molecular formula is C20H22N4O2S2. The Labute approximate surface area is 172 Å². The lowest BCUT2D eigenvalue weighted by atomic mass is 10.2. The molecule has 1 N–H and O–H groups in total. The normalized spacial score (nSPS) is 16.4. The fourth-order valence-corrected chi connectivity index (χ4v) is 4.61. The Morgan fingerprint density at radius 1 is 1.25 bits per heavy atom. The molecule has 1 amide bonds. The minimum absolute atomic E-state index is 0.0156. The molecule has 3 aromatic rings. The van der Waals surface area contributed by atoms with Crippen LogP contribution in [0.5, 0.6) is 0 Å². The van der Waals surface area contributed by atoms with Gasteiger partial charge < -0.3 is 10.1 Å². The van der Waals surface area contributed by atoms with E-state index >= 15 is 0 Å². The molecule has 0 spiro atoms. The van der Waals surface area contributed by atoms with E-state index in [0.717, 1.165) is 40.9 Å². The molecule has 8 heteroatoms. The van der Waals surface area contributed by atoms with Gasteiger partial charge in [0.2, 0.25) is 5.91 Å². The van der Waals surface area contributed by atoms with Crippen LogP contribution in [0, 0.1) is 0 Å². The first-order valence-corrected chi connectivity index (χ1v) is 11.2. The van der Waals surface area contributed by atoms with Crippen LogP contribution in [0.15, 0.2) is 53.0 Å². The number of thioether (sulfide) groups is 1. The second-order valence-corrected chi connectivity index (χ2v) is 8.47. The number of rotatable bonds is 8. The van der Waals surface area contributed by atoms with Gasteiger partial charge in [-0.3, -0.25) is 9.36 Å². The third kappa shape index (κ3) is 4.81. The van der Waals surface area contributed by atoms with Crippen molar-refractivity contribution in [3.8, 4) is 10.7 Å². The van der Waals surface area contributed by atoms with Gasteiger partial charge in [-0.1, -0.05) is 48.2 Å². The second kappa shape index (κ2) is 9.36. The second-order valence-electron chi connectivity index (χ2n) is 6.58. The number of nitrogens with zero attached hydrogens (tertiary/aromatic N) is 3. The van der Waals surface area contributed by atoms with E-state index in [2.05, 4.69) is 20.1 Å². The summed E-state index contributed by atoms with van der Waals surface area (Å²) in [7, 11) is 0. The van der Waals surface area contributed by atoms with E-state index in [1.165, 1.54) is 11.8 Å². The van der Waals surface area contributed by atoms with E-state index in [0.29, 0.717) is 18.8 Å². The molecule has 1 fully saturated rings. The molecule has 1 aromatic carbocycles. The lowest BCUT2D eigenvalue weighted by Gasteiger charge is -2.14. The molecule has 0 radical (unpaired) electrons. The topological polar surface area (TPSA) is 69.0 Å². The Kier molecular flexibility index (Phi) is 6.41. The Balaban J connectivity index is 1.41. The van der Waals surface area contributed by atoms with Crippen LogP contribution in [0.3, 0.4) is 0 Å². The fourth-order valence-electron chi connectivity index (χ4n) is 3.12. The summed E-state index contributed by atoms with van der Waals surface area (Å²) in [6.45, 7) is 2.06. The van der Waals surface area contributed by atoms with Crippen molar-refractivity contribution in [1.82, 2.24) is 20.1 Å². The average molecular weight is 415 g/mol. The van der Waals surface area contributed by atoms with Gasteiger partial charge in [0.05, 0.1) is 23.3 Å². The van der Waals surface area contributed by atoms with Crippen molar-refractivity contribution in [2.45, 2.75) is 37.2 Å². The Bertz CT molecular complexity index is 890. The molecule has 6 nitrogen and oxygen atoms in total. The Hall–Kier alpha value is -2.16. The highest BCUT2D eigenvalue weighted by Gasteiger charge is 2.22. The smallest absolute Gasteiger partial charge is 0.230 e. The Morgan fingerprint density at radius 3 is 2.89 bits per heavy atom. The van der Waals surface area contributed by atoms with E-state index in [1.54, 1.807) is 11.3 Å². The number of thiophene rings is 1. The summed E-state index contributed by atoms with van der Waals surface area (Å²) in [5.41, 5.74) is 1.09. The number of ether oxygens (including phenoxy) is 1. The first-order chi connectivity index (χ1) is 13.8. The van der Waals surface area contributed by atoms with E-state index in [1.807, 2.05) is 47.8 Å². The predicted octanol–water partition coefficient (Wildman–Crippen LogP) is 3.59. The first-order valence-electron chi connectivity index (χ1n) is 9.31. The minimum Gasteiger partial charge on any atom is -0.376 e. The van der Waals surface area contributed by atoms with Gasteiger partial charge in [-0.05, 0) is 29.9 Å². The highest BCUT2D eigenvalue weighted by Crippen LogP contribution is 2.29. The number of carbonyl (C=O) groups excluding carboxylic acids is 1. The van der Waals surface area contributed by atoms with E-state index in [-0.39, 0.29) is 12.0 Å². The monoisotopic (exact) mass is 414 g/mol. The maximum atomic E-state index is 12.3. The van der Waals surface area contributed by atoms with Gasteiger partial charge in [0, 0.05) is 13.2 Å². The van der Waals surface area contributed by atoms with E-state index in [4.69, 9.17) is 4.74 Å². The number of hydrogen-bond donors (Lipinski definition) is 1. The van der Waals surface area contributed by atoms with Gasteiger partial charge in [0.25, 0.3) is 0 Å². The zero-order chi connectivity index (χ0) is 19.2. The molecule has 146 valence electrons. The van der Waals surface area contributed by atoms with Crippen LogP contribution < -0.4 is 5.32 Å². The van der Waals surface area contributed by atoms with Gasteiger partial charge in [0.1, 0.15) is 0 Å². The number of amides is 1. The summed E-state index contributed by atoms with van der Waals surface area (Å²) in [5, 5.41) is 14.5. The van der Waals surface area contributed by atoms with Crippen LogP contribution in [0.1, 0.15) is 18.4 Å². The van der Waals surface area contributed by atoms with Gasteiger partial charge in [-0.2, -0.15) is 0 Å². The van der Waals surface area contributed by atoms with Crippen molar-refractivity contribution in [1.29, 1.82) is 0 Å². The maximum Gasteiger partial charge on any atom is 0.230 e. The third-order valence-corrected chi connectivity index (χ3v) is 6.37. The van der Waals surface area contributed by atoms with Crippen molar-refractivity contribution in [3.05, 3.63) is 53.4 Å². The molecule has 2 aromatic heterocycles. The van der Waals surface area contributed by atoms with Gasteiger partial charge in [-0.15, -0.1) is 21.5 Å². The standard InChI is InChI=1S/C20H22N4O2S2/c25-18(21-12-15-6-2-1-3-7-15)14-28-20-23-22-19(17-9-5-11-27-17)24(20)13-16-8-4-10-26-16/h1-3,5-7,9,11,16H,4,8,10,12-14H2,(H,21,25). The first kappa shape index (κ1) is 19.2. The molecule has 3 heterocycles. The fraction of sp³-hybridized carbons (Fsp3) is 0.350.